The zero-order valence-corrected chi connectivity index (χ0v) is 19.9. The first-order valence-corrected chi connectivity index (χ1v) is 12.1. The molecule has 2 amide bonds. The van der Waals surface area contributed by atoms with Crippen molar-refractivity contribution in [3.8, 4) is 22.0 Å². The van der Waals surface area contributed by atoms with Crippen LogP contribution < -0.4 is 10.2 Å². The molecule has 172 valence electrons. The molecule has 1 atom stereocenters. The molecule has 2 aromatic heterocycles. The van der Waals surface area contributed by atoms with E-state index in [0.717, 1.165) is 39.6 Å². The molecule has 0 radical (unpaired) electrons. The Labute approximate surface area is 202 Å². The van der Waals surface area contributed by atoms with E-state index in [9.17, 15) is 9.59 Å². The summed E-state index contributed by atoms with van der Waals surface area (Å²) in [7, 11) is 1.93. The average Bonchev–Trinajstić information content (AvgIpc) is 3.57. The molecular weight excluding hydrogens is 446 g/mol. The number of anilines is 2. The van der Waals surface area contributed by atoms with Crippen molar-refractivity contribution in [1.29, 1.82) is 0 Å². The van der Waals surface area contributed by atoms with Crippen LogP contribution in [0.5, 0.6) is 0 Å². The van der Waals surface area contributed by atoms with Gasteiger partial charge >= 0.3 is 0 Å². The summed E-state index contributed by atoms with van der Waals surface area (Å²) in [5.74, 6) is 0.136. The van der Waals surface area contributed by atoms with Crippen LogP contribution in [0.25, 0.3) is 22.0 Å². The molecule has 5 rings (SSSR count). The first kappa shape index (κ1) is 22.0. The van der Waals surface area contributed by atoms with Gasteiger partial charge in [0.2, 0.25) is 11.8 Å². The van der Waals surface area contributed by atoms with Gasteiger partial charge in [-0.15, -0.1) is 0 Å². The molecule has 1 unspecified atom stereocenters. The molecule has 0 bridgehead atoms. The summed E-state index contributed by atoms with van der Waals surface area (Å²) in [5, 5.41) is 3.47. The maximum atomic E-state index is 13.2. The molecule has 1 saturated heterocycles. The van der Waals surface area contributed by atoms with Crippen LogP contribution in [0.4, 0.5) is 10.8 Å². The summed E-state index contributed by atoms with van der Waals surface area (Å²) < 4.78 is 1.93. The molecule has 0 saturated carbocycles. The lowest BCUT2D eigenvalue weighted by molar-refractivity contribution is -0.122. The van der Waals surface area contributed by atoms with Crippen LogP contribution in [-0.4, -0.2) is 32.9 Å². The van der Waals surface area contributed by atoms with Crippen molar-refractivity contribution in [2.45, 2.75) is 19.8 Å². The summed E-state index contributed by atoms with van der Waals surface area (Å²) in [5.41, 5.74) is 3.72. The fraction of sp³-hybridized carbons (Fsp3) is 0.231. The summed E-state index contributed by atoms with van der Waals surface area (Å²) in [4.78, 5) is 37.8. The van der Waals surface area contributed by atoms with E-state index in [1.807, 2.05) is 72.4 Å². The number of nitrogens with one attached hydrogen (secondary N) is 1. The number of benzene rings is 2. The van der Waals surface area contributed by atoms with Gasteiger partial charge in [-0.1, -0.05) is 66.8 Å². The number of aromatic nitrogens is 3. The fourth-order valence-electron chi connectivity index (χ4n) is 4.30. The third-order valence-corrected chi connectivity index (χ3v) is 7.05. The summed E-state index contributed by atoms with van der Waals surface area (Å²) in [6.45, 7) is 2.43. The lowest BCUT2D eigenvalue weighted by atomic mass is 10.1. The molecule has 0 aliphatic carbocycles. The molecule has 7 nitrogen and oxygen atoms in total. The predicted molar refractivity (Wildman–Crippen MR) is 135 cm³/mol. The van der Waals surface area contributed by atoms with Crippen molar-refractivity contribution in [2.24, 2.45) is 13.0 Å². The maximum absolute atomic E-state index is 13.2. The number of carbonyl (C=O) groups excluding carboxylic acids is 2. The van der Waals surface area contributed by atoms with Crippen molar-refractivity contribution in [3.05, 3.63) is 72.6 Å². The number of hydrogen-bond acceptors (Lipinski definition) is 5. The SMILES string of the molecule is CCc1ccccc1N1CC(C(=O)Nc2nc(-c3ccccc3)c(-c3nccn3C)s2)CC1=O. The zero-order valence-electron chi connectivity index (χ0n) is 19.1. The molecular formula is C26H25N5O2S. The molecule has 4 aromatic rings. The molecule has 1 aliphatic rings. The van der Waals surface area contributed by atoms with Crippen LogP contribution >= 0.6 is 11.3 Å². The smallest absolute Gasteiger partial charge is 0.231 e. The van der Waals surface area contributed by atoms with Gasteiger partial charge in [0.25, 0.3) is 0 Å². The van der Waals surface area contributed by atoms with Crippen LogP contribution in [0.1, 0.15) is 18.9 Å². The van der Waals surface area contributed by atoms with Gasteiger partial charge in [-0.25, -0.2) is 9.97 Å². The van der Waals surface area contributed by atoms with Gasteiger partial charge < -0.3 is 14.8 Å². The van der Waals surface area contributed by atoms with Gasteiger partial charge in [-0.05, 0) is 18.1 Å². The number of thiazole rings is 1. The number of para-hydroxylation sites is 1. The van der Waals surface area contributed by atoms with E-state index >= 15 is 0 Å². The van der Waals surface area contributed by atoms with E-state index in [2.05, 4.69) is 17.2 Å². The minimum atomic E-state index is -0.432. The molecule has 8 heteroatoms. The molecule has 2 aromatic carbocycles. The highest BCUT2D eigenvalue weighted by molar-refractivity contribution is 7.19. The Morgan fingerprint density at radius 3 is 2.65 bits per heavy atom. The number of imidazole rings is 1. The van der Waals surface area contributed by atoms with E-state index < -0.39 is 5.92 Å². The highest BCUT2D eigenvalue weighted by Crippen LogP contribution is 2.38. The van der Waals surface area contributed by atoms with Gasteiger partial charge in [-0.3, -0.25) is 9.59 Å². The molecule has 3 heterocycles. The van der Waals surface area contributed by atoms with Crippen molar-refractivity contribution in [1.82, 2.24) is 14.5 Å². The van der Waals surface area contributed by atoms with Crippen molar-refractivity contribution >= 4 is 34.0 Å². The molecule has 1 fully saturated rings. The predicted octanol–water partition coefficient (Wildman–Crippen LogP) is 4.76. The highest BCUT2D eigenvalue weighted by atomic mass is 32.1. The lowest BCUT2D eigenvalue weighted by Crippen LogP contribution is -2.28. The monoisotopic (exact) mass is 471 g/mol. The Morgan fingerprint density at radius 2 is 1.91 bits per heavy atom. The third-order valence-electron chi connectivity index (χ3n) is 6.09. The summed E-state index contributed by atoms with van der Waals surface area (Å²) in [6, 6.07) is 17.7. The summed E-state index contributed by atoms with van der Waals surface area (Å²) in [6.07, 6.45) is 4.64. The van der Waals surface area contributed by atoms with E-state index in [4.69, 9.17) is 4.98 Å². The van der Waals surface area contributed by atoms with E-state index in [1.54, 1.807) is 11.1 Å². The topological polar surface area (TPSA) is 80.1 Å². The average molecular weight is 472 g/mol. The maximum Gasteiger partial charge on any atom is 0.231 e. The van der Waals surface area contributed by atoms with Crippen molar-refractivity contribution in [2.75, 3.05) is 16.8 Å². The van der Waals surface area contributed by atoms with Crippen molar-refractivity contribution in [3.63, 3.8) is 0 Å². The van der Waals surface area contributed by atoms with Crippen LogP contribution in [0.3, 0.4) is 0 Å². The van der Waals surface area contributed by atoms with E-state index in [-0.39, 0.29) is 18.2 Å². The van der Waals surface area contributed by atoms with Gasteiger partial charge in [0, 0.05) is 43.7 Å². The van der Waals surface area contributed by atoms with Crippen LogP contribution in [0, 0.1) is 5.92 Å². The van der Waals surface area contributed by atoms with Crippen LogP contribution in [0.15, 0.2) is 67.0 Å². The Kier molecular flexibility index (Phi) is 5.98. The van der Waals surface area contributed by atoms with Gasteiger partial charge in [0.1, 0.15) is 0 Å². The van der Waals surface area contributed by atoms with E-state index in [1.165, 1.54) is 11.3 Å². The fourth-order valence-corrected chi connectivity index (χ4v) is 5.33. The number of hydrogen-bond donors (Lipinski definition) is 1. The first-order valence-electron chi connectivity index (χ1n) is 11.3. The minimum absolute atomic E-state index is 0.0288. The van der Waals surface area contributed by atoms with Gasteiger partial charge in [-0.2, -0.15) is 0 Å². The van der Waals surface area contributed by atoms with Crippen LogP contribution in [0.2, 0.25) is 0 Å². The standard InChI is InChI=1S/C26H25N5O2S/c1-3-17-9-7-8-12-20(17)31-16-19(15-21(31)32)25(33)29-26-28-22(18-10-5-4-6-11-18)23(34-26)24-27-13-14-30(24)2/h4-14,19H,3,15-16H2,1-2H3,(H,28,29,33). The Bertz CT molecular complexity index is 1340. The quantitative estimate of drug-likeness (QED) is 0.440. The molecule has 1 N–H and O–H groups in total. The molecule has 0 spiro atoms. The Morgan fingerprint density at radius 1 is 1.15 bits per heavy atom. The normalized spacial score (nSPS) is 15.6. The Hall–Kier alpha value is -3.78. The third kappa shape index (κ3) is 4.12. The van der Waals surface area contributed by atoms with Gasteiger partial charge in [0.05, 0.1) is 16.5 Å². The second kappa shape index (κ2) is 9.23. The second-order valence-corrected chi connectivity index (χ2v) is 9.30. The van der Waals surface area contributed by atoms with E-state index in [0.29, 0.717) is 11.7 Å². The zero-order chi connectivity index (χ0) is 23.7. The number of rotatable bonds is 6. The largest absolute Gasteiger partial charge is 0.333 e. The number of carbonyl (C=O) groups is 2. The molecule has 1 aliphatic heterocycles. The lowest BCUT2D eigenvalue weighted by Gasteiger charge is -2.19. The molecule has 34 heavy (non-hydrogen) atoms. The number of amides is 2. The summed E-state index contributed by atoms with van der Waals surface area (Å²) >= 11 is 1.39. The number of aryl methyl sites for hydroxylation is 2. The van der Waals surface area contributed by atoms with Crippen LogP contribution in [-0.2, 0) is 23.1 Å². The first-order chi connectivity index (χ1) is 16.5. The highest BCUT2D eigenvalue weighted by Gasteiger charge is 2.36. The number of nitrogens with zero attached hydrogens (tertiary/aromatic N) is 4. The Balaban J connectivity index is 1.40. The van der Waals surface area contributed by atoms with Crippen molar-refractivity contribution < 1.29 is 9.59 Å². The van der Waals surface area contributed by atoms with Gasteiger partial charge in [0.15, 0.2) is 11.0 Å². The minimum Gasteiger partial charge on any atom is -0.333 e. The second-order valence-electron chi connectivity index (χ2n) is 8.30.